The van der Waals surface area contributed by atoms with Crippen molar-refractivity contribution < 1.29 is 47.7 Å². The van der Waals surface area contributed by atoms with E-state index in [9.17, 15) is 28.8 Å². The van der Waals surface area contributed by atoms with Gasteiger partial charge in [-0.3, -0.25) is 28.8 Å². The van der Waals surface area contributed by atoms with Crippen molar-refractivity contribution in [2.24, 2.45) is 11.8 Å². The number of carbonyl (C=O) groups is 6. The molecule has 0 aliphatic heterocycles. The number of amides is 2. The first-order valence-electron chi connectivity index (χ1n) is 11.4. The van der Waals surface area contributed by atoms with E-state index < -0.39 is 46.8 Å². The van der Waals surface area contributed by atoms with Gasteiger partial charge in [0.15, 0.2) is 35.0 Å². The highest BCUT2D eigenvalue weighted by atomic mass is 16.5. The van der Waals surface area contributed by atoms with Crippen LogP contribution in [0.15, 0.2) is 12.1 Å². The minimum atomic E-state index is -1.61. The van der Waals surface area contributed by atoms with Gasteiger partial charge in [-0.05, 0) is 12.1 Å². The number of hydrogen-bond acceptors (Lipinski definition) is 10. The molecule has 194 valence electrons. The predicted octanol–water partition coefficient (Wildman–Crippen LogP) is -0.765. The van der Waals surface area contributed by atoms with E-state index in [0.29, 0.717) is 26.4 Å². The number of ether oxygens (including phenoxy) is 4. The lowest BCUT2D eigenvalue weighted by Crippen LogP contribution is -2.38. The van der Waals surface area contributed by atoms with Crippen molar-refractivity contribution in [2.75, 3.05) is 67.0 Å². The van der Waals surface area contributed by atoms with Crippen molar-refractivity contribution >= 4 is 34.9 Å². The Labute approximate surface area is 207 Å². The van der Waals surface area contributed by atoms with Gasteiger partial charge in [0.05, 0.1) is 39.6 Å². The lowest BCUT2D eigenvalue weighted by Gasteiger charge is -2.09. The summed E-state index contributed by atoms with van der Waals surface area (Å²) in [5.74, 6) is -7.87. The Morgan fingerprint density at radius 3 is 1.25 bits per heavy atom. The zero-order chi connectivity index (χ0) is 26.2. The highest BCUT2D eigenvalue weighted by molar-refractivity contribution is 6.39. The summed E-state index contributed by atoms with van der Waals surface area (Å²) in [5, 5.41) is 4.96. The predicted molar refractivity (Wildman–Crippen MR) is 122 cm³/mol. The smallest absolute Gasteiger partial charge is 0.239 e. The molecule has 36 heavy (non-hydrogen) atoms. The first kappa shape index (κ1) is 27.3. The molecule has 0 unspecified atom stereocenters. The van der Waals surface area contributed by atoms with Gasteiger partial charge >= 0.3 is 0 Å². The van der Waals surface area contributed by atoms with Crippen molar-refractivity contribution in [1.29, 1.82) is 0 Å². The molecule has 3 rings (SSSR count). The van der Waals surface area contributed by atoms with Crippen LogP contribution >= 0.6 is 0 Å². The molecule has 0 heterocycles. The maximum absolute atomic E-state index is 12.8. The summed E-state index contributed by atoms with van der Waals surface area (Å²) < 4.78 is 20.1. The second kappa shape index (κ2) is 12.6. The fourth-order valence-corrected chi connectivity index (χ4v) is 3.94. The number of ketones is 4. The van der Waals surface area contributed by atoms with Gasteiger partial charge in [-0.15, -0.1) is 0 Å². The Hall–Kier alpha value is -3.32. The molecule has 0 bridgehead atoms. The molecule has 0 spiro atoms. The second-order valence-electron chi connectivity index (χ2n) is 8.06. The quantitative estimate of drug-likeness (QED) is 0.243. The second-order valence-corrected chi connectivity index (χ2v) is 8.06. The number of nitrogens with one attached hydrogen (secondary N) is 2. The molecule has 12 nitrogen and oxygen atoms in total. The van der Waals surface area contributed by atoms with E-state index in [0.717, 1.165) is 12.1 Å². The molecule has 0 saturated heterocycles. The summed E-state index contributed by atoms with van der Waals surface area (Å²) in [5.41, 5.74) is -0.485. The van der Waals surface area contributed by atoms with Gasteiger partial charge in [0.1, 0.15) is 0 Å². The Morgan fingerprint density at radius 1 is 0.611 bits per heavy atom. The molecule has 0 saturated carbocycles. The molecule has 2 aliphatic carbocycles. The SMILES string of the molecule is COCCOCCNC(=O)C1C(=O)c2cc3c(cc2C1=O)C(=O)C(C(=O)NCCOCCOC)C3=O. The van der Waals surface area contributed by atoms with Crippen LogP contribution in [-0.2, 0) is 28.5 Å². The lowest BCUT2D eigenvalue weighted by atomic mass is 10.0. The van der Waals surface area contributed by atoms with Crippen molar-refractivity contribution in [3.05, 3.63) is 34.4 Å². The summed E-state index contributed by atoms with van der Waals surface area (Å²) in [7, 11) is 3.04. The van der Waals surface area contributed by atoms with Crippen LogP contribution in [0.5, 0.6) is 0 Å². The molecule has 2 aliphatic rings. The van der Waals surface area contributed by atoms with Crippen molar-refractivity contribution in [3.8, 4) is 0 Å². The first-order chi connectivity index (χ1) is 17.3. The molecule has 0 radical (unpaired) electrons. The van der Waals surface area contributed by atoms with E-state index in [2.05, 4.69) is 10.6 Å². The minimum Gasteiger partial charge on any atom is -0.382 e. The van der Waals surface area contributed by atoms with Crippen LogP contribution in [0.25, 0.3) is 0 Å². The zero-order valence-electron chi connectivity index (χ0n) is 20.0. The van der Waals surface area contributed by atoms with Crippen LogP contribution in [-0.4, -0.2) is 102 Å². The number of Topliss-reactive ketones (excluding diaryl/α,β-unsaturated/α-hetero) is 4. The molecule has 0 aromatic heterocycles. The summed E-state index contributed by atoms with van der Waals surface area (Å²) >= 11 is 0. The molecule has 0 atom stereocenters. The van der Waals surface area contributed by atoms with E-state index >= 15 is 0 Å². The van der Waals surface area contributed by atoms with Crippen LogP contribution < -0.4 is 10.6 Å². The number of benzene rings is 1. The Morgan fingerprint density at radius 2 is 0.944 bits per heavy atom. The molecule has 1 aromatic rings. The molecule has 1 aromatic carbocycles. The van der Waals surface area contributed by atoms with Gasteiger partial charge in [-0.1, -0.05) is 0 Å². The zero-order valence-corrected chi connectivity index (χ0v) is 20.0. The maximum Gasteiger partial charge on any atom is 0.239 e. The summed E-state index contributed by atoms with van der Waals surface area (Å²) in [6, 6.07) is 2.26. The molecule has 0 fully saturated rings. The first-order valence-corrected chi connectivity index (χ1v) is 11.4. The van der Waals surface area contributed by atoms with Gasteiger partial charge < -0.3 is 29.6 Å². The lowest BCUT2D eigenvalue weighted by molar-refractivity contribution is -0.123. The largest absolute Gasteiger partial charge is 0.382 e. The van der Waals surface area contributed by atoms with E-state index in [-0.39, 0.29) is 48.6 Å². The van der Waals surface area contributed by atoms with Gasteiger partial charge in [0.2, 0.25) is 11.8 Å². The van der Waals surface area contributed by atoms with E-state index in [1.54, 1.807) is 0 Å². The number of rotatable bonds is 14. The van der Waals surface area contributed by atoms with E-state index in [1.807, 2.05) is 0 Å². The molecular formula is C24H28N2O10. The number of hydrogen-bond donors (Lipinski definition) is 2. The fourth-order valence-electron chi connectivity index (χ4n) is 3.94. The van der Waals surface area contributed by atoms with Crippen molar-refractivity contribution in [1.82, 2.24) is 10.6 Å². The van der Waals surface area contributed by atoms with Crippen LogP contribution in [0.1, 0.15) is 41.4 Å². The van der Waals surface area contributed by atoms with Crippen LogP contribution in [0.4, 0.5) is 0 Å². The van der Waals surface area contributed by atoms with Crippen molar-refractivity contribution in [2.45, 2.75) is 0 Å². The molecular weight excluding hydrogens is 476 g/mol. The molecule has 2 amide bonds. The van der Waals surface area contributed by atoms with Gasteiger partial charge in [0.25, 0.3) is 0 Å². The third-order valence-electron chi connectivity index (χ3n) is 5.75. The third-order valence-corrected chi connectivity index (χ3v) is 5.75. The normalized spacial score (nSPS) is 15.4. The maximum atomic E-state index is 12.8. The average molecular weight is 504 g/mol. The minimum absolute atomic E-state index is 0.0810. The fraction of sp³-hybridized carbons (Fsp3) is 0.500. The van der Waals surface area contributed by atoms with Crippen molar-refractivity contribution in [3.63, 3.8) is 0 Å². The number of fused-ring (bicyclic) bond motifs is 2. The Bertz CT molecular complexity index is 933. The monoisotopic (exact) mass is 504 g/mol. The third kappa shape index (κ3) is 5.73. The van der Waals surface area contributed by atoms with E-state index in [1.165, 1.54) is 14.2 Å². The number of methoxy groups -OCH3 is 2. The summed E-state index contributed by atoms with van der Waals surface area (Å²) in [6.07, 6.45) is 0. The van der Waals surface area contributed by atoms with Gasteiger partial charge in [0, 0.05) is 49.6 Å². The summed E-state index contributed by atoms with van der Waals surface area (Å²) in [6.45, 7) is 1.92. The summed E-state index contributed by atoms with van der Waals surface area (Å²) in [4.78, 5) is 76.4. The Balaban J connectivity index is 1.64. The number of carbonyl (C=O) groups excluding carboxylic acids is 6. The topological polar surface area (TPSA) is 163 Å². The van der Waals surface area contributed by atoms with Crippen LogP contribution in [0.3, 0.4) is 0 Å². The van der Waals surface area contributed by atoms with E-state index in [4.69, 9.17) is 18.9 Å². The van der Waals surface area contributed by atoms with Crippen LogP contribution in [0, 0.1) is 11.8 Å². The van der Waals surface area contributed by atoms with Crippen LogP contribution in [0.2, 0.25) is 0 Å². The highest BCUT2D eigenvalue weighted by Gasteiger charge is 2.48. The highest BCUT2D eigenvalue weighted by Crippen LogP contribution is 2.35. The molecule has 12 heteroatoms. The molecule has 2 N–H and O–H groups in total. The average Bonchev–Trinajstić information content (AvgIpc) is 3.26. The Kier molecular flexibility index (Phi) is 9.53. The van der Waals surface area contributed by atoms with Gasteiger partial charge in [-0.2, -0.15) is 0 Å². The standard InChI is InChI=1S/C24H28N2O10/c1-33-7-9-35-5-3-25-23(31)17-19(27)13-11-15-16(12-14(13)20(17)28)22(30)18(21(15)29)24(32)26-4-6-36-10-8-34-2/h11-12,17-18H,3-10H2,1-2H3,(H,25,31)(H,26,32). The van der Waals surface area contributed by atoms with Gasteiger partial charge in [-0.25, -0.2) is 0 Å².